The lowest BCUT2D eigenvalue weighted by Gasteiger charge is -2.33. The van der Waals surface area contributed by atoms with Crippen LogP contribution in [0.15, 0.2) is 18.2 Å². The molecule has 2 N–H and O–H groups in total. The number of aryl methyl sites for hydroxylation is 1. The van der Waals surface area contributed by atoms with Crippen molar-refractivity contribution < 1.29 is 9.53 Å². The van der Waals surface area contributed by atoms with E-state index in [1.165, 1.54) is 6.42 Å². The summed E-state index contributed by atoms with van der Waals surface area (Å²) >= 11 is 0. The van der Waals surface area contributed by atoms with Gasteiger partial charge in [-0.1, -0.05) is 6.07 Å². The largest absolute Gasteiger partial charge is 0.495 e. The molecule has 0 spiro atoms. The second-order valence-corrected chi connectivity index (χ2v) is 6.45. The first-order valence-corrected chi connectivity index (χ1v) is 8.03. The molecule has 0 aromatic heterocycles. The number of likely N-dealkylation sites (tertiary alicyclic amines) is 1. The number of hydrogen-bond donors (Lipinski definition) is 2. The van der Waals surface area contributed by atoms with E-state index in [0.29, 0.717) is 18.2 Å². The van der Waals surface area contributed by atoms with Gasteiger partial charge in [-0.2, -0.15) is 0 Å². The van der Waals surface area contributed by atoms with Crippen LogP contribution in [0, 0.1) is 18.8 Å². The molecule has 1 amide bonds. The van der Waals surface area contributed by atoms with Gasteiger partial charge in [-0.3, -0.25) is 9.69 Å². The third-order valence-corrected chi connectivity index (χ3v) is 4.78. The van der Waals surface area contributed by atoms with Crippen LogP contribution in [0.25, 0.3) is 0 Å². The first kappa shape index (κ1) is 15.3. The van der Waals surface area contributed by atoms with E-state index in [-0.39, 0.29) is 5.91 Å². The normalized spacial score (nSPS) is 24.8. The number of anilines is 1. The lowest BCUT2D eigenvalue weighted by atomic mass is 9.89. The Kier molecular flexibility index (Phi) is 4.64. The number of methoxy groups -OCH3 is 1. The van der Waals surface area contributed by atoms with Crippen molar-refractivity contribution in [3.05, 3.63) is 23.8 Å². The summed E-state index contributed by atoms with van der Waals surface area (Å²) in [7, 11) is 1.62. The minimum atomic E-state index is 0.0355. The van der Waals surface area contributed by atoms with Crippen LogP contribution >= 0.6 is 0 Å². The Balaban J connectivity index is 1.57. The highest BCUT2D eigenvalue weighted by Gasteiger charge is 2.33. The number of amides is 1. The molecule has 22 heavy (non-hydrogen) atoms. The molecule has 1 aromatic carbocycles. The van der Waals surface area contributed by atoms with Gasteiger partial charge in [0.15, 0.2) is 0 Å². The van der Waals surface area contributed by atoms with E-state index in [4.69, 9.17) is 4.74 Å². The van der Waals surface area contributed by atoms with Crippen LogP contribution in [-0.2, 0) is 4.79 Å². The van der Waals surface area contributed by atoms with Crippen molar-refractivity contribution >= 4 is 11.6 Å². The molecule has 3 rings (SSSR count). The van der Waals surface area contributed by atoms with Crippen LogP contribution in [0.2, 0.25) is 0 Å². The molecule has 2 aliphatic heterocycles. The van der Waals surface area contributed by atoms with Gasteiger partial charge in [0.2, 0.25) is 5.91 Å². The van der Waals surface area contributed by atoms with Gasteiger partial charge in [0.05, 0.1) is 19.3 Å². The molecule has 0 aliphatic carbocycles. The number of carbonyl (C=O) groups excluding carboxylic acids is 1. The molecule has 2 fully saturated rings. The Morgan fingerprint density at radius 3 is 3.05 bits per heavy atom. The predicted octanol–water partition coefficient (Wildman–Crippen LogP) is 1.48. The van der Waals surface area contributed by atoms with Crippen LogP contribution in [0.5, 0.6) is 5.75 Å². The second-order valence-electron chi connectivity index (χ2n) is 6.45. The summed E-state index contributed by atoms with van der Waals surface area (Å²) in [6.07, 6.45) is 1.19. The zero-order chi connectivity index (χ0) is 15.5. The third-order valence-electron chi connectivity index (χ3n) is 4.78. The van der Waals surface area contributed by atoms with Crippen molar-refractivity contribution in [1.29, 1.82) is 0 Å². The number of hydrogen-bond acceptors (Lipinski definition) is 4. The summed E-state index contributed by atoms with van der Waals surface area (Å²) in [4.78, 5) is 14.6. The van der Waals surface area contributed by atoms with Gasteiger partial charge in [-0.25, -0.2) is 0 Å². The van der Waals surface area contributed by atoms with Crippen molar-refractivity contribution in [2.24, 2.45) is 11.8 Å². The van der Waals surface area contributed by atoms with E-state index < -0.39 is 0 Å². The molecule has 0 bridgehead atoms. The van der Waals surface area contributed by atoms with Gasteiger partial charge in [-0.15, -0.1) is 0 Å². The fourth-order valence-electron chi connectivity index (χ4n) is 3.57. The monoisotopic (exact) mass is 303 g/mol. The average molecular weight is 303 g/mol. The highest BCUT2D eigenvalue weighted by Crippen LogP contribution is 2.27. The molecule has 120 valence electrons. The van der Waals surface area contributed by atoms with Crippen molar-refractivity contribution in [3.8, 4) is 5.75 Å². The fraction of sp³-hybridized carbons (Fsp3) is 0.588. The highest BCUT2D eigenvalue weighted by atomic mass is 16.5. The first-order valence-electron chi connectivity index (χ1n) is 8.03. The molecule has 1 aromatic rings. The Morgan fingerprint density at radius 2 is 2.23 bits per heavy atom. The summed E-state index contributed by atoms with van der Waals surface area (Å²) in [6, 6.07) is 5.82. The van der Waals surface area contributed by atoms with E-state index in [1.54, 1.807) is 7.11 Å². The number of benzene rings is 1. The lowest BCUT2D eigenvalue weighted by Crippen LogP contribution is -2.43. The van der Waals surface area contributed by atoms with Crippen molar-refractivity contribution in [3.63, 3.8) is 0 Å². The maximum absolute atomic E-state index is 12.3. The van der Waals surface area contributed by atoms with Crippen LogP contribution in [-0.4, -0.2) is 50.6 Å². The average Bonchev–Trinajstić information content (AvgIpc) is 2.95. The summed E-state index contributed by atoms with van der Waals surface area (Å²) in [5.74, 6) is 2.25. The van der Waals surface area contributed by atoms with E-state index >= 15 is 0 Å². The molecular weight excluding hydrogens is 278 g/mol. The van der Waals surface area contributed by atoms with Crippen LogP contribution < -0.4 is 15.4 Å². The zero-order valence-corrected chi connectivity index (χ0v) is 13.4. The standard InChI is InChI=1S/C17H25N3O2/c1-12-3-4-16(22-2)15(7-12)19-17(21)11-20-6-5-13-8-18-9-14(13)10-20/h3-4,7,13-14,18H,5-6,8-11H2,1-2H3,(H,19,21). The van der Waals surface area contributed by atoms with Gasteiger partial charge in [0.1, 0.15) is 5.75 Å². The summed E-state index contributed by atoms with van der Waals surface area (Å²) < 4.78 is 5.31. The van der Waals surface area contributed by atoms with Gasteiger partial charge in [0.25, 0.3) is 0 Å². The van der Waals surface area contributed by atoms with E-state index in [1.807, 2.05) is 25.1 Å². The van der Waals surface area contributed by atoms with Gasteiger partial charge in [-0.05, 0) is 62.5 Å². The fourth-order valence-corrected chi connectivity index (χ4v) is 3.57. The maximum Gasteiger partial charge on any atom is 0.238 e. The van der Waals surface area contributed by atoms with Crippen molar-refractivity contribution in [2.75, 3.05) is 45.2 Å². The molecule has 2 atom stereocenters. The van der Waals surface area contributed by atoms with E-state index in [0.717, 1.165) is 43.3 Å². The molecule has 0 saturated carbocycles. The Bertz CT molecular complexity index is 547. The molecule has 2 unspecified atom stereocenters. The first-order chi connectivity index (χ1) is 10.7. The molecule has 2 aliphatic rings. The minimum Gasteiger partial charge on any atom is -0.495 e. The number of nitrogens with zero attached hydrogens (tertiary/aromatic N) is 1. The molecule has 2 heterocycles. The second kappa shape index (κ2) is 6.67. The van der Waals surface area contributed by atoms with Crippen molar-refractivity contribution in [2.45, 2.75) is 13.3 Å². The Morgan fingerprint density at radius 1 is 1.41 bits per heavy atom. The highest BCUT2D eigenvalue weighted by molar-refractivity contribution is 5.93. The number of rotatable bonds is 4. The van der Waals surface area contributed by atoms with Crippen LogP contribution in [0.4, 0.5) is 5.69 Å². The summed E-state index contributed by atoms with van der Waals surface area (Å²) in [6.45, 7) is 6.74. The Labute approximate surface area is 132 Å². The number of ether oxygens (including phenoxy) is 1. The van der Waals surface area contributed by atoms with Gasteiger partial charge < -0.3 is 15.4 Å². The maximum atomic E-state index is 12.3. The topological polar surface area (TPSA) is 53.6 Å². The zero-order valence-electron chi connectivity index (χ0n) is 13.4. The number of nitrogens with one attached hydrogen (secondary N) is 2. The van der Waals surface area contributed by atoms with Gasteiger partial charge in [0, 0.05) is 6.54 Å². The molecule has 0 radical (unpaired) electrons. The third kappa shape index (κ3) is 3.42. The predicted molar refractivity (Wildman–Crippen MR) is 87.3 cm³/mol. The lowest BCUT2D eigenvalue weighted by molar-refractivity contribution is -0.117. The molecule has 5 heteroatoms. The quantitative estimate of drug-likeness (QED) is 0.885. The number of piperidine rings is 1. The van der Waals surface area contributed by atoms with E-state index in [9.17, 15) is 4.79 Å². The minimum absolute atomic E-state index is 0.0355. The summed E-state index contributed by atoms with van der Waals surface area (Å²) in [5, 5.41) is 6.44. The molecule has 5 nitrogen and oxygen atoms in total. The Hall–Kier alpha value is -1.59. The number of fused-ring (bicyclic) bond motifs is 1. The van der Waals surface area contributed by atoms with Crippen LogP contribution in [0.3, 0.4) is 0 Å². The SMILES string of the molecule is COc1ccc(C)cc1NC(=O)CN1CCC2CNCC2C1. The number of carbonyl (C=O) groups is 1. The van der Waals surface area contributed by atoms with E-state index in [2.05, 4.69) is 15.5 Å². The molecule has 2 saturated heterocycles. The smallest absolute Gasteiger partial charge is 0.238 e. The molecular formula is C17H25N3O2. The van der Waals surface area contributed by atoms with Gasteiger partial charge >= 0.3 is 0 Å². The van der Waals surface area contributed by atoms with Crippen LogP contribution in [0.1, 0.15) is 12.0 Å². The summed E-state index contributed by atoms with van der Waals surface area (Å²) in [5.41, 5.74) is 1.86. The van der Waals surface area contributed by atoms with Crippen molar-refractivity contribution in [1.82, 2.24) is 10.2 Å².